The van der Waals surface area contributed by atoms with Crippen molar-refractivity contribution < 1.29 is 28.6 Å². The first kappa shape index (κ1) is 21.5. The molecule has 1 rings (SSSR count). The largest absolute Gasteiger partial charge is 0.427 e. The Morgan fingerprint density at radius 2 is 1.80 bits per heavy atom. The van der Waals surface area contributed by atoms with Gasteiger partial charge >= 0.3 is 11.9 Å². The molecule has 1 heterocycles. The maximum Gasteiger partial charge on any atom is 0.357 e. The van der Waals surface area contributed by atoms with E-state index in [2.05, 4.69) is 12.6 Å². The number of nitrogens with zero attached hydrogens (tertiary/aromatic N) is 1. The summed E-state index contributed by atoms with van der Waals surface area (Å²) in [5.41, 5.74) is -1.09. The van der Waals surface area contributed by atoms with Gasteiger partial charge in [0.2, 0.25) is 6.79 Å². The lowest BCUT2D eigenvalue weighted by Crippen LogP contribution is -2.72. The highest BCUT2D eigenvalue weighted by Crippen LogP contribution is 2.42. The predicted molar refractivity (Wildman–Crippen MR) is 94.5 cm³/mol. The Morgan fingerprint density at radius 3 is 2.16 bits per heavy atom. The molecule has 0 aliphatic carbocycles. The first-order valence-corrected chi connectivity index (χ1v) is 8.54. The summed E-state index contributed by atoms with van der Waals surface area (Å²) in [5.74, 6) is -1.59. The standard InChI is InChI=1S/C17H27NO6S/c1-8-17(22-7)13(20)18(14(17)25)11(10(2)3)12(19)23-9-24-15(21)16(4,5)6/h14,25H,8-9H2,1-7H3/t14-,17-/m1/s1. The number of carbonyl (C=O) groups excluding carboxylic acids is 3. The number of hydrogen-bond acceptors (Lipinski definition) is 7. The lowest BCUT2D eigenvalue weighted by atomic mass is 9.87. The molecule has 7 nitrogen and oxygen atoms in total. The average molecular weight is 373 g/mol. The molecular formula is C17H27NO6S. The Bertz CT molecular complexity index is 584. The molecule has 2 atom stereocenters. The van der Waals surface area contributed by atoms with Crippen molar-refractivity contribution in [3.63, 3.8) is 0 Å². The van der Waals surface area contributed by atoms with Crippen molar-refractivity contribution in [1.82, 2.24) is 4.90 Å². The summed E-state index contributed by atoms with van der Waals surface area (Å²) in [6.45, 7) is 9.74. The van der Waals surface area contributed by atoms with Crippen LogP contribution >= 0.6 is 12.6 Å². The Morgan fingerprint density at radius 1 is 1.24 bits per heavy atom. The van der Waals surface area contributed by atoms with Gasteiger partial charge in [-0.05, 0) is 46.6 Å². The molecule has 0 aromatic heterocycles. The zero-order valence-electron chi connectivity index (χ0n) is 15.8. The second kappa shape index (κ2) is 7.78. The summed E-state index contributed by atoms with van der Waals surface area (Å²) in [7, 11) is 1.44. The van der Waals surface area contributed by atoms with Crippen LogP contribution in [0.3, 0.4) is 0 Å². The van der Waals surface area contributed by atoms with E-state index in [0.29, 0.717) is 12.0 Å². The molecule has 0 radical (unpaired) electrons. The van der Waals surface area contributed by atoms with Crippen LogP contribution in [0.4, 0.5) is 0 Å². The quantitative estimate of drug-likeness (QED) is 0.253. The minimum Gasteiger partial charge on any atom is -0.427 e. The fourth-order valence-corrected chi connectivity index (χ4v) is 3.05. The Labute approximate surface area is 154 Å². The summed E-state index contributed by atoms with van der Waals surface area (Å²) >= 11 is 4.42. The molecule has 1 fully saturated rings. The molecule has 0 unspecified atom stereocenters. The van der Waals surface area contributed by atoms with E-state index in [9.17, 15) is 14.4 Å². The molecule has 1 saturated heterocycles. The van der Waals surface area contributed by atoms with Gasteiger partial charge in [0.05, 0.1) is 5.41 Å². The van der Waals surface area contributed by atoms with E-state index in [0.717, 1.165) is 0 Å². The van der Waals surface area contributed by atoms with E-state index in [1.165, 1.54) is 12.0 Å². The minimum atomic E-state index is -1.05. The van der Waals surface area contributed by atoms with Crippen molar-refractivity contribution in [2.24, 2.45) is 5.41 Å². The lowest BCUT2D eigenvalue weighted by Gasteiger charge is -2.52. The van der Waals surface area contributed by atoms with E-state index in [1.807, 2.05) is 6.92 Å². The molecule has 1 aliphatic rings. The molecule has 1 aliphatic heterocycles. The molecule has 8 heteroatoms. The maximum absolute atomic E-state index is 12.5. The second-order valence-corrected chi connectivity index (χ2v) is 7.57. The van der Waals surface area contributed by atoms with Crippen molar-refractivity contribution in [2.45, 2.75) is 58.9 Å². The highest BCUT2D eigenvalue weighted by atomic mass is 32.1. The van der Waals surface area contributed by atoms with Gasteiger partial charge in [-0.3, -0.25) is 14.5 Å². The number of carbonyl (C=O) groups is 3. The van der Waals surface area contributed by atoms with Gasteiger partial charge in [0.15, 0.2) is 5.60 Å². The summed E-state index contributed by atoms with van der Waals surface area (Å²) in [6, 6.07) is 0. The van der Waals surface area contributed by atoms with Crippen LogP contribution < -0.4 is 0 Å². The van der Waals surface area contributed by atoms with Gasteiger partial charge < -0.3 is 14.2 Å². The number of β-lactam (4-membered cyclic amide) rings is 1. The molecule has 0 aromatic carbocycles. The van der Waals surface area contributed by atoms with Crippen LogP contribution in [0.1, 0.15) is 48.0 Å². The molecule has 1 amide bonds. The molecule has 142 valence electrons. The van der Waals surface area contributed by atoms with Crippen LogP contribution in [-0.2, 0) is 28.6 Å². The van der Waals surface area contributed by atoms with Crippen LogP contribution in [0.25, 0.3) is 0 Å². The summed E-state index contributed by atoms with van der Waals surface area (Å²) < 4.78 is 15.3. The van der Waals surface area contributed by atoms with E-state index >= 15 is 0 Å². The highest BCUT2D eigenvalue weighted by Gasteiger charge is 2.61. The van der Waals surface area contributed by atoms with Crippen LogP contribution in [0.2, 0.25) is 0 Å². The number of likely N-dealkylation sites (tertiary alicyclic amines) is 1. The molecule has 0 saturated carbocycles. The number of amides is 1. The molecule has 0 aromatic rings. The Balaban J connectivity index is 2.83. The number of esters is 2. The summed E-state index contributed by atoms with van der Waals surface area (Å²) in [5, 5.41) is -0.607. The number of thiol groups is 1. The first-order valence-electron chi connectivity index (χ1n) is 8.02. The number of rotatable bonds is 6. The van der Waals surface area contributed by atoms with Gasteiger partial charge in [-0.15, -0.1) is 0 Å². The zero-order valence-corrected chi connectivity index (χ0v) is 16.7. The van der Waals surface area contributed by atoms with Crippen LogP contribution in [0, 0.1) is 5.41 Å². The smallest absolute Gasteiger partial charge is 0.357 e. The number of methoxy groups -OCH3 is 1. The predicted octanol–water partition coefficient (Wildman–Crippen LogP) is 2.26. The zero-order chi connectivity index (χ0) is 19.6. The lowest BCUT2D eigenvalue weighted by molar-refractivity contribution is -0.187. The second-order valence-electron chi connectivity index (χ2n) is 7.08. The van der Waals surface area contributed by atoms with Gasteiger partial charge in [-0.2, -0.15) is 12.6 Å². The van der Waals surface area contributed by atoms with Gasteiger partial charge in [0, 0.05) is 7.11 Å². The van der Waals surface area contributed by atoms with Crippen LogP contribution in [-0.4, -0.2) is 47.6 Å². The average Bonchev–Trinajstić information content (AvgIpc) is 2.52. The molecule has 25 heavy (non-hydrogen) atoms. The van der Waals surface area contributed by atoms with Crippen LogP contribution in [0.5, 0.6) is 0 Å². The fraction of sp³-hybridized carbons (Fsp3) is 0.706. The van der Waals surface area contributed by atoms with Gasteiger partial charge in [0.1, 0.15) is 11.1 Å². The third-order valence-corrected chi connectivity index (χ3v) is 4.68. The van der Waals surface area contributed by atoms with Crippen molar-refractivity contribution >= 4 is 30.5 Å². The van der Waals surface area contributed by atoms with Crippen molar-refractivity contribution in [3.05, 3.63) is 11.3 Å². The van der Waals surface area contributed by atoms with E-state index in [-0.39, 0.29) is 11.6 Å². The fourth-order valence-electron chi connectivity index (χ4n) is 2.43. The van der Waals surface area contributed by atoms with Crippen molar-refractivity contribution in [1.29, 1.82) is 0 Å². The van der Waals surface area contributed by atoms with Gasteiger partial charge in [0.25, 0.3) is 5.91 Å². The topological polar surface area (TPSA) is 82.1 Å². The van der Waals surface area contributed by atoms with Crippen molar-refractivity contribution in [3.8, 4) is 0 Å². The highest BCUT2D eigenvalue weighted by molar-refractivity contribution is 7.81. The summed E-state index contributed by atoms with van der Waals surface area (Å²) in [4.78, 5) is 37.9. The normalized spacial score (nSPS) is 23.0. The van der Waals surface area contributed by atoms with Crippen LogP contribution in [0.15, 0.2) is 11.3 Å². The Kier molecular flexibility index (Phi) is 6.69. The monoisotopic (exact) mass is 373 g/mol. The van der Waals surface area contributed by atoms with E-state index in [1.54, 1.807) is 34.6 Å². The number of allylic oxidation sites excluding steroid dienone is 1. The molecule has 0 spiro atoms. The Hall–Kier alpha value is -1.54. The molecular weight excluding hydrogens is 346 g/mol. The van der Waals surface area contributed by atoms with Gasteiger partial charge in [-0.1, -0.05) is 6.92 Å². The molecule has 0 bridgehead atoms. The number of ether oxygens (including phenoxy) is 3. The third-order valence-electron chi connectivity index (χ3n) is 4.03. The maximum atomic E-state index is 12.5. The first-order chi connectivity index (χ1) is 11.4. The van der Waals surface area contributed by atoms with Gasteiger partial charge in [-0.25, -0.2) is 4.79 Å². The van der Waals surface area contributed by atoms with E-state index < -0.39 is 35.1 Å². The van der Waals surface area contributed by atoms with Crippen molar-refractivity contribution in [2.75, 3.05) is 13.9 Å². The SMILES string of the molecule is CC[C@@]1(OC)C(=O)N(C(C(=O)OCOC(=O)C(C)(C)C)=C(C)C)[C@@H]1S. The van der Waals surface area contributed by atoms with E-state index in [4.69, 9.17) is 14.2 Å². The number of hydrogen-bond donors (Lipinski definition) is 1. The third kappa shape index (κ3) is 4.00. The molecule has 0 N–H and O–H groups in total. The summed E-state index contributed by atoms with van der Waals surface area (Å²) in [6.07, 6.45) is 0.432. The minimum absolute atomic E-state index is 0.0814.